The molecule has 0 spiro atoms. The first kappa shape index (κ1) is 5.88. The van der Waals surface area contributed by atoms with E-state index in [1.807, 2.05) is 0 Å². The smallest absolute Gasteiger partial charge is 0.135 e. The fourth-order valence-electron chi connectivity index (χ4n) is 0.996. The lowest BCUT2D eigenvalue weighted by molar-refractivity contribution is -0.0209. The van der Waals surface area contributed by atoms with Crippen LogP contribution < -0.4 is 5.32 Å². The summed E-state index contributed by atoms with van der Waals surface area (Å²) in [6.07, 6.45) is 1.46. The lowest BCUT2D eigenvalue weighted by Gasteiger charge is -2.35. The van der Waals surface area contributed by atoms with Gasteiger partial charge in [-0.2, -0.15) is 0 Å². The first-order chi connectivity index (χ1) is 4.81. The fraction of sp³-hybridized carbons (Fsp3) is 0.500. The number of β-amino-alcohol motifs (C(OH)–C–C–N with tert-alkyl or cyclic N) is 1. The molecular weight excluding hydrogens is 132 g/mol. The van der Waals surface area contributed by atoms with Crippen molar-refractivity contribution >= 4 is 0 Å². The fourth-order valence-corrected chi connectivity index (χ4v) is 0.996. The Balaban J connectivity index is 2.27. The summed E-state index contributed by atoms with van der Waals surface area (Å²) < 4.78 is 4.60. The monoisotopic (exact) mass is 140 g/mol. The van der Waals surface area contributed by atoms with Crippen molar-refractivity contribution in [2.24, 2.45) is 0 Å². The van der Waals surface area contributed by atoms with E-state index in [2.05, 4.69) is 15.0 Å². The van der Waals surface area contributed by atoms with Gasteiger partial charge in [0.2, 0.25) is 0 Å². The number of nitrogens with one attached hydrogen (secondary N) is 1. The number of aromatic nitrogens is 1. The molecule has 4 heteroatoms. The Bertz CT molecular complexity index is 216. The predicted molar refractivity (Wildman–Crippen MR) is 33.3 cm³/mol. The minimum Gasteiger partial charge on any atom is -0.381 e. The highest BCUT2D eigenvalue weighted by molar-refractivity contribution is 5.14. The Kier molecular flexibility index (Phi) is 1.06. The second-order valence-corrected chi connectivity index (χ2v) is 2.52. The molecule has 0 aliphatic carbocycles. The van der Waals surface area contributed by atoms with Crippen LogP contribution in [0, 0.1) is 0 Å². The van der Waals surface area contributed by atoms with Gasteiger partial charge in [-0.1, -0.05) is 5.16 Å². The topological polar surface area (TPSA) is 58.3 Å². The third-order valence-electron chi connectivity index (χ3n) is 1.75. The molecule has 1 aliphatic rings. The van der Waals surface area contributed by atoms with Crippen LogP contribution in [0.2, 0.25) is 0 Å². The standard InChI is InChI=1S/C6H8N2O2/c9-6(3-7-4-6)5-1-2-10-8-5/h1-2,7,9H,3-4H2. The molecule has 1 aromatic heterocycles. The number of hydrogen-bond acceptors (Lipinski definition) is 4. The Morgan fingerprint density at radius 2 is 2.50 bits per heavy atom. The molecule has 10 heavy (non-hydrogen) atoms. The van der Waals surface area contributed by atoms with Gasteiger partial charge in [0.15, 0.2) is 0 Å². The normalized spacial score (nSPS) is 22.1. The summed E-state index contributed by atoms with van der Waals surface area (Å²) in [6, 6.07) is 1.68. The summed E-state index contributed by atoms with van der Waals surface area (Å²) in [6.45, 7) is 1.14. The first-order valence-corrected chi connectivity index (χ1v) is 3.15. The second kappa shape index (κ2) is 1.81. The van der Waals surface area contributed by atoms with Gasteiger partial charge in [0.1, 0.15) is 17.6 Å². The highest BCUT2D eigenvalue weighted by Gasteiger charge is 2.38. The average molecular weight is 140 g/mol. The van der Waals surface area contributed by atoms with E-state index in [0.717, 1.165) is 0 Å². The summed E-state index contributed by atoms with van der Waals surface area (Å²) in [4.78, 5) is 0. The molecule has 0 radical (unpaired) electrons. The van der Waals surface area contributed by atoms with Gasteiger partial charge in [0.25, 0.3) is 0 Å². The largest absolute Gasteiger partial charge is 0.381 e. The molecule has 1 aliphatic heterocycles. The summed E-state index contributed by atoms with van der Waals surface area (Å²) in [5.74, 6) is 0. The molecular formula is C6H8N2O2. The van der Waals surface area contributed by atoms with E-state index < -0.39 is 5.60 Å². The Morgan fingerprint density at radius 3 is 2.90 bits per heavy atom. The van der Waals surface area contributed by atoms with Crippen molar-refractivity contribution in [1.82, 2.24) is 10.5 Å². The predicted octanol–water partition coefficient (Wildman–Crippen LogP) is -0.535. The molecule has 4 nitrogen and oxygen atoms in total. The van der Waals surface area contributed by atoms with E-state index >= 15 is 0 Å². The molecule has 1 saturated heterocycles. The summed E-state index contributed by atoms with van der Waals surface area (Å²) in [5, 5.41) is 16.2. The van der Waals surface area contributed by atoms with Crippen molar-refractivity contribution in [3.05, 3.63) is 18.0 Å². The maximum absolute atomic E-state index is 9.59. The van der Waals surface area contributed by atoms with Crippen molar-refractivity contribution in [3.63, 3.8) is 0 Å². The first-order valence-electron chi connectivity index (χ1n) is 3.15. The van der Waals surface area contributed by atoms with Gasteiger partial charge in [0.05, 0.1) is 0 Å². The quantitative estimate of drug-likeness (QED) is 0.550. The summed E-state index contributed by atoms with van der Waals surface area (Å²) >= 11 is 0. The van der Waals surface area contributed by atoms with Gasteiger partial charge in [-0.05, 0) is 0 Å². The van der Waals surface area contributed by atoms with Gasteiger partial charge in [0, 0.05) is 19.2 Å². The number of aliphatic hydroxyl groups is 1. The molecule has 0 aromatic carbocycles. The minimum atomic E-state index is -0.771. The van der Waals surface area contributed by atoms with E-state index in [0.29, 0.717) is 18.8 Å². The molecule has 0 amide bonds. The molecule has 0 unspecified atom stereocenters. The highest BCUT2D eigenvalue weighted by Crippen LogP contribution is 2.22. The molecule has 0 atom stereocenters. The van der Waals surface area contributed by atoms with Crippen LogP contribution in [0.25, 0.3) is 0 Å². The zero-order valence-corrected chi connectivity index (χ0v) is 5.37. The summed E-state index contributed by atoms with van der Waals surface area (Å²) in [7, 11) is 0. The maximum Gasteiger partial charge on any atom is 0.135 e. The molecule has 2 rings (SSSR count). The maximum atomic E-state index is 9.59. The van der Waals surface area contributed by atoms with Crippen LogP contribution in [0.15, 0.2) is 16.9 Å². The lowest BCUT2D eigenvalue weighted by Crippen LogP contribution is -2.56. The van der Waals surface area contributed by atoms with Crippen LogP contribution in [0.5, 0.6) is 0 Å². The van der Waals surface area contributed by atoms with E-state index in [9.17, 15) is 5.11 Å². The van der Waals surface area contributed by atoms with Crippen LogP contribution in [-0.2, 0) is 5.60 Å². The van der Waals surface area contributed by atoms with E-state index in [-0.39, 0.29) is 0 Å². The molecule has 2 N–H and O–H groups in total. The Hall–Kier alpha value is -0.870. The lowest BCUT2D eigenvalue weighted by atomic mass is 9.93. The van der Waals surface area contributed by atoms with Gasteiger partial charge >= 0.3 is 0 Å². The molecule has 1 fully saturated rings. The molecule has 0 bridgehead atoms. The van der Waals surface area contributed by atoms with Crippen molar-refractivity contribution < 1.29 is 9.63 Å². The van der Waals surface area contributed by atoms with Gasteiger partial charge in [-0.25, -0.2) is 0 Å². The zero-order chi connectivity index (χ0) is 7.03. The molecule has 2 heterocycles. The van der Waals surface area contributed by atoms with Crippen molar-refractivity contribution in [1.29, 1.82) is 0 Å². The van der Waals surface area contributed by atoms with Crippen molar-refractivity contribution in [2.75, 3.05) is 13.1 Å². The molecule has 54 valence electrons. The SMILES string of the molecule is OC1(c2ccon2)CNC1. The van der Waals surface area contributed by atoms with Gasteiger partial charge < -0.3 is 14.9 Å². The molecule has 1 aromatic rings. The zero-order valence-electron chi connectivity index (χ0n) is 5.37. The summed E-state index contributed by atoms with van der Waals surface area (Å²) in [5.41, 5.74) is -0.154. The number of nitrogens with zero attached hydrogens (tertiary/aromatic N) is 1. The minimum absolute atomic E-state index is 0.569. The van der Waals surface area contributed by atoms with Crippen LogP contribution in [0.3, 0.4) is 0 Å². The molecule has 0 saturated carbocycles. The third kappa shape index (κ3) is 0.661. The third-order valence-corrected chi connectivity index (χ3v) is 1.75. The average Bonchev–Trinajstić information content (AvgIpc) is 2.33. The number of hydrogen-bond donors (Lipinski definition) is 2. The van der Waals surface area contributed by atoms with Crippen LogP contribution in [0.4, 0.5) is 0 Å². The van der Waals surface area contributed by atoms with Crippen LogP contribution in [0.1, 0.15) is 5.69 Å². The van der Waals surface area contributed by atoms with E-state index in [1.165, 1.54) is 6.26 Å². The Labute approximate surface area is 57.8 Å². The second-order valence-electron chi connectivity index (χ2n) is 2.52. The van der Waals surface area contributed by atoms with Crippen LogP contribution in [-0.4, -0.2) is 23.4 Å². The van der Waals surface area contributed by atoms with E-state index in [4.69, 9.17) is 0 Å². The van der Waals surface area contributed by atoms with Crippen molar-refractivity contribution in [2.45, 2.75) is 5.60 Å². The van der Waals surface area contributed by atoms with Gasteiger partial charge in [-0.3, -0.25) is 0 Å². The van der Waals surface area contributed by atoms with Gasteiger partial charge in [-0.15, -0.1) is 0 Å². The van der Waals surface area contributed by atoms with Crippen LogP contribution >= 0.6 is 0 Å². The Morgan fingerprint density at radius 1 is 1.70 bits per heavy atom. The highest BCUT2D eigenvalue weighted by atomic mass is 16.5. The van der Waals surface area contributed by atoms with Crippen molar-refractivity contribution in [3.8, 4) is 0 Å². The van der Waals surface area contributed by atoms with E-state index in [1.54, 1.807) is 6.07 Å². The number of rotatable bonds is 1.